The first-order valence-corrected chi connectivity index (χ1v) is 7.97. The molecule has 25 heavy (non-hydrogen) atoms. The molecule has 3 aromatic rings. The van der Waals surface area contributed by atoms with Crippen molar-refractivity contribution in [2.45, 2.75) is 13.5 Å². The van der Waals surface area contributed by atoms with Gasteiger partial charge in [0.1, 0.15) is 5.75 Å². The topological polar surface area (TPSA) is 84.9 Å². The second kappa shape index (κ2) is 7.76. The van der Waals surface area contributed by atoms with Gasteiger partial charge in [0.05, 0.1) is 19.0 Å². The molecule has 2 heterocycles. The first-order chi connectivity index (χ1) is 12.2. The summed E-state index contributed by atoms with van der Waals surface area (Å²) in [5, 5.41) is 14.9. The normalized spacial score (nSPS) is 10.4. The number of nitrogens with one attached hydrogen (secondary N) is 2. The molecule has 1 aromatic carbocycles. The highest BCUT2D eigenvalue weighted by Crippen LogP contribution is 2.32. The highest BCUT2D eigenvalue weighted by molar-refractivity contribution is 6.31. The fourth-order valence-corrected chi connectivity index (χ4v) is 2.34. The molecule has 0 aliphatic carbocycles. The summed E-state index contributed by atoms with van der Waals surface area (Å²) in [5.41, 5.74) is 2.71. The molecule has 0 radical (unpaired) electrons. The van der Waals surface area contributed by atoms with Crippen molar-refractivity contribution < 1.29 is 4.74 Å². The molecule has 0 amide bonds. The van der Waals surface area contributed by atoms with E-state index in [9.17, 15) is 0 Å². The van der Waals surface area contributed by atoms with Gasteiger partial charge >= 0.3 is 0 Å². The van der Waals surface area contributed by atoms with Crippen LogP contribution in [0.1, 0.15) is 11.1 Å². The maximum atomic E-state index is 6.13. The van der Waals surface area contributed by atoms with E-state index in [0.717, 1.165) is 16.8 Å². The Kier molecular flexibility index (Phi) is 5.25. The van der Waals surface area contributed by atoms with Crippen LogP contribution in [-0.4, -0.2) is 27.3 Å². The summed E-state index contributed by atoms with van der Waals surface area (Å²) in [4.78, 5) is 8.48. The van der Waals surface area contributed by atoms with Crippen molar-refractivity contribution in [1.82, 2.24) is 20.2 Å². The Morgan fingerprint density at radius 2 is 2.12 bits per heavy atom. The van der Waals surface area contributed by atoms with Crippen molar-refractivity contribution in [3.05, 3.63) is 59.0 Å². The van der Waals surface area contributed by atoms with Crippen LogP contribution in [0.25, 0.3) is 0 Å². The Hall–Kier alpha value is -2.93. The molecule has 0 saturated carbocycles. The number of aromatic nitrogens is 4. The van der Waals surface area contributed by atoms with Crippen LogP contribution >= 0.6 is 11.6 Å². The summed E-state index contributed by atoms with van der Waals surface area (Å²) in [6.45, 7) is 2.48. The van der Waals surface area contributed by atoms with Gasteiger partial charge in [0.25, 0.3) is 0 Å². The number of benzene rings is 1. The van der Waals surface area contributed by atoms with Crippen molar-refractivity contribution in [1.29, 1.82) is 0 Å². The van der Waals surface area contributed by atoms with Gasteiger partial charge < -0.3 is 15.4 Å². The van der Waals surface area contributed by atoms with E-state index in [1.54, 1.807) is 31.8 Å². The van der Waals surface area contributed by atoms with Gasteiger partial charge in [-0.1, -0.05) is 17.7 Å². The van der Waals surface area contributed by atoms with Crippen LogP contribution in [0.4, 0.5) is 17.5 Å². The molecule has 0 spiro atoms. The first kappa shape index (κ1) is 16.9. The molecule has 8 heteroatoms. The summed E-state index contributed by atoms with van der Waals surface area (Å²) in [7, 11) is 1.59. The van der Waals surface area contributed by atoms with Gasteiger partial charge in [-0.15, -0.1) is 5.10 Å². The third-order valence-electron chi connectivity index (χ3n) is 3.48. The minimum atomic E-state index is 0.415. The number of aryl methyl sites for hydroxylation is 1. The third kappa shape index (κ3) is 4.33. The SMILES string of the molecule is COc1cc(Cl)c(C)cc1Nc1cnnc(NCc2cccnc2)n1. The number of pyridine rings is 1. The summed E-state index contributed by atoms with van der Waals surface area (Å²) in [6, 6.07) is 7.50. The average Bonchev–Trinajstić information content (AvgIpc) is 2.64. The van der Waals surface area contributed by atoms with Crippen molar-refractivity contribution in [2.75, 3.05) is 17.7 Å². The summed E-state index contributed by atoms with van der Waals surface area (Å²) in [6.07, 6.45) is 5.05. The van der Waals surface area contributed by atoms with Gasteiger partial charge in [-0.3, -0.25) is 4.98 Å². The van der Waals surface area contributed by atoms with E-state index in [2.05, 4.69) is 30.8 Å². The first-order valence-electron chi connectivity index (χ1n) is 7.59. The molecule has 0 fully saturated rings. The number of nitrogens with zero attached hydrogens (tertiary/aromatic N) is 4. The molecule has 0 aliphatic rings. The fraction of sp³-hybridized carbons (Fsp3) is 0.176. The Balaban J connectivity index is 1.75. The lowest BCUT2D eigenvalue weighted by Gasteiger charge is -2.13. The molecule has 3 rings (SSSR count). The van der Waals surface area contributed by atoms with Crippen LogP contribution in [-0.2, 0) is 6.54 Å². The highest BCUT2D eigenvalue weighted by Gasteiger charge is 2.09. The smallest absolute Gasteiger partial charge is 0.244 e. The molecule has 0 aliphatic heterocycles. The number of hydrogen-bond donors (Lipinski definition) is 2. The van der Waals surface area contributed by atoms with Crippen molar-refractivity contribution in [3.8, 4) is 5.75 Å². The summed E-state index contributed by atoms with van der Waals surface area (Å²) in [5.74, 6) is 1.58. The largest absolute Gasteiger partial charge is 0.495 e. The molecule has 2 N–H and O–H groups in total. The number of anilines is 3. The van der Waals surface area contributed by atoms with E-state index in [4.69, 9.17) is 16.3 Å². The number of methoxy groups -OCH3 is 1. The third-order valence-corrected chi connectivity index (χ3v) is 3.88. The van der Waals surface area contributed by atoms with Gasteiger partial charge in [0.2, 0.25) is 5.95 Å². The van der Waals surface area contributed by atoms with Crippen molar-refractivity contribution in [2.24, 2.45) is 0 Å². The van der Waals surface area contributed by atoms with E-state index in [0.29, 0.717) is 29.1 Å². The van der Waals surface area contributed by atoms with E-state index >= 15 is 0 Å². The Bertz CT molecular complexity index is 859. The second-order valence-corrected chi connectivity index (χ2v) is 5.71. The average molecular weight is 357 g/mol. The van der Waals surface area contributed by atoms with Gasteiger partial charge in [-0.2, -0.15) is 10.1 Å². The van der Waals surface area contributed by atoms with Crippen LogP contribution < -0.4 is 15.4 Å². The van der Waals surface area contributed by atoms with Gasteiger partial charge in [0, 0.05) is 30.0 Å². The molecule has 0 saturated heterocycles. The van der Waals surface area contributed by atoms with E-state index in [-0.39, 0.29) is 0 Å². The maximum Gasteiger partial charge on any atom is 0.244 e. The van der Waals surface area contributed by atoms with E-state index in [1.807, 2.05) is 25.1 Å². The highest BCUT2D eigenvalue weighted by atomic mass is 35.5. The predicted molar refractivity (Wildman–Crippen MR) is 97.4 cm³/mol. The number of halogens is 1. The zero-order valence-corrected chi connectivity index (χ0v) is 14.6. The standard InChI is InChI=1S/C17H17ClN6O/c1-11-6-14(15(25-2)7-13(11)18)22-16-10-21-24-17(23-16)20-9-12-4-3-5-19-8-12/h3-8,10H,9H2,1-2H3,(H2,20,22,23,24). The molecule has 7 nitrogen and oxygen atoms in total. The molecule has 0 bridgehead atoms. The van der Waals surface area contributed by atoms with Crippen LogP contribution in [0.15, 0.2) is 42.9 Å². The zero-order chi connectivity index (χ0) is 17.6. The Labute approximate surface area is 150 Å². The second-order valence-electron chi connectivity index (χ2n) is 5.31. The Morgan fingerprint density at radius 1 is 1.24 bits per heavy atom. The predicted octanol–water partition coefficient (Wildman–Crippen LogP) is 3.59. The van der Waals surface area contributed by atoms with Gasteiger partial charge in [-0.05, 0) is 30.2 Å². The zero-order valence-electron chi connectivity index (χ0n) is 13.8. The lowest BCUT2D eigenvalue weighted by atomic mass is 10.2. The minimum absolute atomic E-state index is 0.415. The minimum Gasteiger partial charge on any atom is -0.495 e. The quantitative estimate of drug-likeness (QED) is 0.698. The maximum absolute atomic E-state index is 6.13. The summed E-state index contributed by atoms with van der Waals surface area (Å²) >= 11 is 6.13. The molecule has 0 atom stereocenters. The summed E-state index contributed by atoms with van der Waals surface area (Å²) < 4.78 is 5.36. The molecular formula is C17H17ClN6O. The number of ether oxygens (including phenoxy) is 1. The van der Waals surface area contributed by atoms with Crippen LogP contribution in [0.2, 0.25) is 5.02 Å². The van der Waals surface area contributed by atoms with Crippen LogP contribution in [0.3, 0.4) is 0 Å². The van der Waals surface area contributed by atoms with E-state index < -0.39 is 0 Å². The van der Waals surface area contributed by atoms with Gasteiger partial charge in [0.15, 0.2) is 5.82 Å². The molecule has 2 aromatic heterocycles. The van der Waals surface area contributed by atoms with Crippen LogP contribution in [0, 0.1) is 6.92 Å². The van der Waals surface area contributed by atoms with Crippen LogP contribution in [0.5, 0.6) is 5.75 Å². The molecule has 0 unspecified atom stereocenters. The monoisotopic (exact) mass is 356 g/mol. The van der Waals surface area contributed by atoms with Gasteiger partial charge in [-0.25, -0.2) is 0 Å². The Morgan fingerprint density at radius 3 is 2.88 bits per heavy atom. The van der Waals surface area contributed by atoms with E-state index in [1.165, 1.54) is 0 Å². The van der Waals surface area contributed by atoms with Crippen molar-refractivity contribution >= 4 is 29.1 Å². The lowest BCUT2D eigenvalue weighted by molar-refractivity contribution is 0.416. The number of hydrogen-bond acceptors (Lipinski definition) is 7. The fourth-order valence-electron chi connectivity index (χ4n) is 2.19. The molecular weight excluding hydrogens is 340 g/mol. The number of rotatable bonds is 6. The molecule has 128 valence electrons. The van der Waals surface area contributed by atoms with Crippen molar-refractivity contribution in [3.63, 3.8) is 0 Å². The lowest BCUT2D eigenvalue weighted by Crippen LogP contribution is -2.07.